The summed E-state index contributed by atoms with van der Waals surface area (Å²) < 4.78 is 0. The summed E-state index contributed by atoms with van der Waals surface area (Å²) in [6.07, 6.45) is 1.43. The van der Waals surface area contributed by atoms with Crippen LogP contribution >= 0.6 is 22.7 Å². The van der Waals surface area contributed by atoms with Crippen molar-refractivity contribution in [3.63, 3.8) is 0 Å². The fourth-order valence-corrected chi connectivity index (χ4v) is 3.62. The Balaban J connectivity index is 1.77. The van der Waals surface area contributed by atoms with Crippen LogP contribution in [-0.4, -0.2) is 16.1 Å². The number of nitrogens with one attached hydrogen (secondary N) is 1. The van der Waals surface area contributed by atoms with E-state index in [9.17, 15) is 10.1 Å². The van der Waals surface area contributed by atoms with Crippen molar-refractivity contribution in [2.24, 2.45) is 5.10 Å². The van der Waals surface area contributed by atoms with Crippen LogP contribution in [0.5, 0.6) is 0 Å². The van der Waals surface area contributed by atoms with Crippen LogP contribution < -0.4 is 5.43 Å². The van der Waals surface area contributed by atoms with E-state index in [4.69, 9.17) is 0 Å². The van der Waals surface area contributed by atoms with Gasteiger partial charge in [-0.15, -0.1) is 22.7 Å². The third-order valence-electron chi connectivity index (χ3n) is 3.05. The molecule has 0 aliphatic rings. The Labute approximate surface area is 140 Å². The molecule has 0 saturated heterocycles. The molecule has 2 aromatic heterocycles. The number of benzene rings is 1. The number of hydrazone groups is 1. The molecule has 2 heterocycles. The lowest BCUT2D eigenvalue weighted by molar-refractivity contribution is -0.385. The first kappa shape index (κ1) is 15.3. The number of rotatable bonds is 5. The maximum atomic E-state index is 10.9. The average molecular weight is 344 g/mol. The normalized spacial score (nSPS) is 11.0. The Morgan fingerprint density at radius 1 is 1.30 bits per heavy atom. The Hall–Kier alpha value is -2.58. The van der Waals surface area contributed by atoms with Gasteiger partial charge in [-0.2, -0.15) is 5.10 Å². The van der Waals surface area contributed by atoms with Crippen LogP contribution in [-0.2, 0) is 0 Å². The van der Waals surface area contributed by atoms with Gasteiger partial charge in [-0.1, -0.05) is 18.2 Å². The predicted octanol–water partition coefficient (Wildman–Crippen LogP) is 4.53. The zero-order valence-electron chi connectivity index (χ0n) is 12.1. The molecule has 0 fully saturated rings. The number of nitro groups is 1. The van der Waals surface area contributed by atoms with Crippen molar-refractivity contribution < 1.29 is 4.92 Å². The highest BCUT2D eigenvalue weighted by atomic mass is 32.1. The fraction of sp³-hybridized carbons (Fsp3) is 0.0667. The molecule has 1 aromatic carbocycles. The van der Waals surface area contributed by atoms with Gasteiger partial charge in [0.15, 0.2) is 0 Å². The number of thiazole rings is 1. The van der Waals surface area contributed by atoms with Crippen molar-refractivity contribution in [2.45, 2.75) is 6.92 Å². The second-order valence-electron chi connectivity index (χ2n) is 4.59. The lowest BCUT2D eigenvalue weighted by atomic mass is 10.2. The molecule has 0 aliphatic heterocycles. The molecule has 116 valence electrons. The number of para-hydroxylation sites is 1. The van der Waals surface area contributed by atoms with Crippen LogP contribution in [0.1, 0.15) is 10.4 Å². The third-order valence-corrected chi connectivity index (χ3v) is 4.80. The van der Waals surface area contributed by atoms with Crippen molar-refractivity contribution in [2.75, 3.05) is 5.43 Å². The molecule has 0 atom stereocenters. The molecule has 0 bridgehead atoms. The molecule has 3 aromatic rings. The Bertz CT molecular complexity index is 856. The second kappa shape index (κ2) is 6.67. The van der Waals surface area contributed by atoms with E-state index in [1.54, 1.807) is 29.5 Å². The first-order valence-corrected chi connectivity index (χ1v) is 8.38. The van der Waals surface area contributed by atoms with Gasteiger partial charge < -0.3 is 0 Å². The third kappa shape index (κ3) is 3.43. The van der Waals surface area contributed by atoms with Gasteiger partial charge in [0.05, 0.1) is 27.3 Å². The number of nitro benzene ring substituents is 1. The first-order valence-electron chi connectivity index (χ1n) is 6.69. The van der Waals surface area contributed by atoms with Crippen LogP contribution in [0.3, 0.4) is 0 Å². The molecule has 0 radical (unpaired) electrons. The molecule has 0 spiro atoms. The summed E-state index contributed by atoms with van der Waals surface area (Å²) in [5.41, 5.74) is 4.24. The highest BCUT2D eigenvalue weighted by molar-refractivity contribution is 7.17. The number of hydrogen-bond acceptors (Lipinski definition) is 7. The van der Waals surface area contributed by atoms with E-state index in [2.05, 4.69) is 15.5 Å². The van der Waals surface area contributed by atoms with E-state index in [0.717, 1.165) is 15.4 Å². The predicted molar refractivity (Wildman–Crippen MR) is 94.5 cm³/mol. The highest BCUT2D eigenvalue weighted by Gasteiger charge is 2.11. The van der Waals surface area contributed by atoms with E-state index in [1.807, 2.05) is 24.4 Å². The summed E-state index contributed by atoms with van der Waals surface area (Å²) in [4.78, 5) is 17.2. The van der Waals surface area contributed by atoms with E-state index in [-0.39, 0.29) is 5.69 Å². The summed E-state index contributed by atoms with van der Waals surface area (Å²) in [5, 5.41) is 17.7. The van der Waals surface area contributed by atoms with Crippen LogP contribution in [0, 0.1) is 17.0 Å². The Morgan fingerprint density at radius 2 is 2.13 bits per heavy atom. The number of nitrogens with zero attached hydrogens (tertiary/aromatic N) is 3. The minimum atomic E-state index is -0.427. The van der Waals surface area contributed by atoms with Gasteiger partial charge in [-0.25, -0.2) is 4.98 Å². The maximum absolute atomic E-state index is 10.9. The van der Waals surface area contributed by atoms with Crippen molar-refractivity contribution in [1.29, 1.82) is 0 Å². The zero-order valence-corrected chi connectivity index (χ0v) is 13.7. The molecule has 0 amide bonds. The van der Waals surface area contributed by atoms with Gasteiger partial charge in [-0.05, 0) is 24.4 Å². The molecular formula is C15H12N4O2S2. The first-order chi connectivity index (χ1) is 11.1. The van der Waals surface area contributed by atoms with E-state index >= 15 is 0 Å². The monoisotopic (exact) mass is 344 g/mol. The SMILES string of the molecule is Cc1sc(N/N=C\c2ccccc2[N+](=O)[O-])nc1-c1cccs1. The fourth-order valence-electron chi connectivity index (χ4n) is 2.01. The van der Waals surface area contributed by atoms with Crippen LogP contribution in [0.4, 0.5) is 10.8 Å². The van der Waals surface area contributed by atoms with Gasteiger partial charge in [-0.3, -0.25) is 15.5 Å². The minimum absolute atomic E-state index is 0.0210. The van der Waals surface area contributed by atoms with Crippen molar-refractivity contribution in [3.05, 3.63) is 62.3 Å². The van der Waals surface area contributed by atoms with Crippen molar-refractivity contribution >= 4 is 39.7 Å². The topological polar surface area (TPSA) is 80.4 Å². The smallest absolute Gasteiger partial charge is 0.258 e. The van der Waals surface area contributed by atoms with E-state index < -0.39 is 4.92 Å². The van der Waals surface area contributed by atoms with Gasteiger partial charge in [0, 0.05) is 10.9 Å². The zero-order chi connectivity index (χ0) is 16.2. The molecule has 0 unspecified atom stereocenters. The Morgan fingerprint density at radius 3 is 2.87 bits per heavy atom. The Kier molecular flexibility index (Phi) is 4.45. The molecule has 0 aliphatic carbocycles. The molecule has 1 N–H and O–H groups in total. The summed E-state index contributed by atoms with van der Waals surface area (Å²) in [5.74, 6) is 0. The molecule has 3 rings (SSSR count). The average Bonchev–Trinajstić information content (AvgIpc) is 3.17. The largest absolute Gasteiger partial charge is 0.278 e. The van der Waals surface area contributed by atoms with Crippen LogP contribution in [0.15, 0.2) is 46.9 Å². The lowest BCUT2D eigenvalue weighted by Crippen LogP contribution is -1.95. The number of aryl methyl sites for hydroxylation is 1. The molecule has 23 heavy (non-hydrogen) atoms. The molecule has 8 heteroatoms. The van der Waals surface area contributed by atoms with E-state index in [1.165, 1.54) is 23.6 Å². The summed E-state index contributed by atoms with van der Waals surface area (Å²) in [6, 6.07) is 10.5. The maximum Gasteiger partial charge on any atom is 0.278 e. The van der Waals surface area contributed by atoms with Crippen LogP contribution in [0.2, 0.25) is 0 Å². The molecule has 6 nitrogen and oxygen atoms in total. The van der Waals surface area contributed by atoms with Crippen molar-refractivity contribution in [1.82, 2.24) is 4.98 Å². The second-order valence-corrected chi connectivity index (χ2v) is 6.74. The highest BCUT2D eigenvalue weighted by Crippen LogP contribution is 2.32. The number of thiophene rings is 1. The minimum Gasteiger partial charge on any atom is -0.258 e. The standard InChI is InChI=1S/C15H12N4O2S2/c1-10-14(13-7-4-8-22-13)17-15(23-10)18-16-9-11-5-2-3-6-12(11)19(20)21/h2-9H,1H3,(H,17,18)/b16-9-. The lowest BCUT2D eigenvalue weighted by Gasteiger charge is -1.96. The van der Waals surface area contributed by atoms with Gasteiger partial charge in [0.25, 0.3) is 5.69 Å². The number of hydrogen-bond donors (Lipinski definition) is 1. The van der Waals surface area contributed by atoms with Gasteiger partial charge in [0.1, 0.15) is 0 Å². The van der Waals surface area contributed by atoms with Crippen molar-refractivity contribution in [3.8, 4) is 10.6 Å². The molecular weight excluding hydrogens is 332 g/mol. The molecule has 0 saturated carbocycles. The summed E-state index contributed by atoms with van der Waals surface area (Å²) >= 11 is 3.13. The number of aromatic nitrogens is 1. The van der Waals surface area contributed by atoms with Gasteiger partial charge >= 0.3 is 0 Å². The summed E-state index contributed by atoms with van der Waals surface area (Å²) in [7, 11) is 0. The quantitative estimate of drug-likeness (QED) is 0.419. The van der Waals surface area contributed by atoms with Gasteiger partial charge in [0.2, 0.25) is 5.13 Å². The van der Waals surface area contributed by atoms with Crippen LogP contribution in [0.25, 0.3) is 10.6 Å². The van der Waals surface area contributed by atoms with E-state index in [0.29, 0.717) is 10.7 Å². The number of anilines is 1. The summed E-state index contributed by atoms with van der Waals surface area (Å²) in [6.45, 7) is 2.00.